The standard InChI is InChI=1S/C13H14F3NO2/c1-8(2)7-19-4-3-17-13(18)9-5-10(14)12(16)11(15)6-9/h5-6H,1,3-4,7H2,2H3,(H,17,18). The van der Waals surface area contributed by atoms with Crippen LogP contribution in [0.1, 0.15) is 17.3 Å². The van der Waals surface area contributed by atoms with Crippen molar-refractivity contribution in [3.05, 3.63) is 47.3 Å². The van der Waals surface area contributed by atoms with Gasteiger partial charge in [-0.15, -0.1) is 0 Å². The summed E-state index contributed by atoms with van der Waals surface area (Å²) in [7, 11) is 0. The van der Waals surface area contributed by atoms with Crippen LogP contribution in [0.4, 0.5) is 13.2 Å². The first-order chi connectivity index (χ1) is 8.91. The molecule has 0 spiro atoms. The maximum atomic E-state index is 12.9. The van der Waals surface area contributed by atoms with Gasteiger partial charge >= 0.3 is 0 Å². The second-order valence-corrected chi connectivity index (χ2v) is 4.02. The van der Waals surface area contributed by atoms with Crippen molar-refractivity contribution < 1.29 is 22.7 Å². The fourth-order valence-electron chi connectivity index (χ4n) is 1.27. The Morgan fingerprint density at radius 1 is 1.32 bits per heavy atom. The topological polar surface area (TPSA) is 38.3 Å². The molecule has 1 amide bonds. The fourth-order valence-corrected chi connectivity index (χ4v) is 1.27. The second kappa shape index (κ2) is 6.94. The number of carbonyl (C=O) groups is 1. The zero-order valence-electron chi connectivity index (χ0n) is 10.4. The number of nitrogens with one attached hydrogen (secondary N) is 1. The molecule has 104 valence electrons. The van der Waals surface area contributed by atoms with Crippen LogP contribution in [0.2, 0.25) is 0 Å². The first-order valence-corrected chi connectivity index (χ1v) is 5.56. The molecule has 0 saturated heterocycles. The van der Waals surface area contributed by atoms with Crippen LogP contribution in [-0.4, -0.2) is 25.7 Å². The molecule has 6 heteroatoms. The molecule has 0 bridgehead atoms. The Kier molecular flexibility index (Phi) is 5.57. The van der Waals surface area contributed by atoms with Gasteiger partial charge < -0.3 is 10.1 Å². The second-order valence-electron chi connectivity index (χ2n) is 4.02. The number of hydrogen-bond donors (Lipinski definition) is 1. The summed E-state index contributed by atoms with van der Waals surface area (Å²) in [6, 6.07) is 1.28. The molecular weight excluding hydrogens is 259 g/mol. The highest BCUT2D eigenvalue weighted by Gasteiger charge is 2.14. The predicted octanol–water partition coefficient (Wildman–Crippen LogP) is 2.43. The monoisotopic (exact) mass is 273 g/mol. The van der Waals surface area contributed by atoms with E-state index in [0.29, 0.717) is 18.7 Å². The quantitative estimate of drug-likeness (QED) is 0.491. The Morgan fingerprint density at radius 3 is 2.42 bits per heavy atom. The van der Waals surface area contributed by atoms with E-state index in [4.69, 9.17) is 4.74 Å². The molecule has 0 saturated carbocycles. The van der Waals surface area contributed by atoms with Crippen molar-refractivity contribution >= 4 is 5.91 Å². The highest BCUT2D eigenvalue weighted by molar-refractivity contribution is 5.94. The first-order valence-electron chi connectivity index (χ1n) is 5.56. The number of halogens is 3. The third kappa shape index (κ3) is 4.75. The minimum atomic E-state index is -1.60. The van der Waals surface area contributed by atoms with Crippen molar-refractivity contribution in [3.8, 4) is 0 Å². The smallest absolute Gasteiger partial charge is 0.251 e. The number of amides is 1. The van der Waals surface area contributed by atoms with Gasteiger partial charge in [-0.25, -0.2) is 13.2 Å². The molecule has 0 aliphatic rings. The zero-order valence-corrected chi connectivity index (χ0v) is 10.4. The number of benzene rings is 1. The van der Waals surface area contributed by atoms with Gasteiger partial charge in [0.1, 0.15) is 0 Å². The molecule has 0 aliphatic heterocycles. The lowest BCUT2D eigenvalue weighted by molar-refractivity contribution is 0.0925. The molecule has 1 N–H and O–H groups in total. The minimum Gasteiger partial charge on any atom is -0.375 e. The molecule has 0 aromatic heterocycles. The molecule has 1 aromatic rings. The average Bonchev–Trinajstić information content (AvgIpc) is 2.34. The largest absolute Gasteiger partial charge is 0.375 e. The maximum absolute atomic E-state index is 12.9. The van der Waals surface area contributed by atoms with Gasteiger partial charge in [-0.05, 0) is 19.1 Å². The van der Waals surface area contributed by atoms with Crippen LogP contribution in [-0.2, 0) is 4.74 Å². The zero-order chi connectivity index (χ0) is 14.4. The van der Waals surface area contributed by atoms with Gasteiger partial charge in [0.25, 0.3) is 5.91 Å². The van der Waals surface area contributed by atoms with Crippen LogP contribution in [0, 0.1) is 17.5 Å². The molecule has 1 aromatic carbocycles. The van der Waals surface area contributed by atoms with E-state index in [2.05, 4.69) is 11.9 Å². The van der Waals surface area contributed by atoms with Crippen LogP contribution in [0.3, 0.4) is 0 Å². The van der Waals surface area contributed by atoms with Crippen LogP contribution in [0.25, 0.3) is 0 Å². The number of rotatable bonds is 6. The van der Waals surface area contributed by atoms with Crippen molar-refractivity contribution in [3.63, 3.8) is 0 Å². The first kappa shape index (κ1) is 15.2. The van der Waals surface area contributed by atoms with Gasteiger partial charge in [0.15, 0.2) is 17.5 Å². The molecule has 0 heterocycles. The molecule has 0 unspecified atom stereocenters. The number of hydrogen-bond acceptors (Lipinski definition) is 2. The lowest BCUT2D eigenvalue weighted by atomic mass is 10.2. The van der Waals surface area contributed by atoms with Crippen molar-refractivity contribution in [2.45, 2.75) is 6.92 Å². The average molecular weight is 273 g/mol. The van der Waals surface area contributed by atoms with Gasteiger partial charge in [-0.2, -0.15) is 0 Å². The summed E-state index contributed by atoms with van der Waals surface area (Å²) in [4.78, 5) is 11.5. The molecule has 0 atom stereocenters. The van der Waals surface area contributed by atoms with Crippen molar-refractivity contribution in [1.29, 1.82) is 0 Å². The Labute approximate surface area is 109 Å². The number of ether oxygens (including phenoxy) is 1. The fraction of sp³-hybridized carbons (Fsp3) is 0.308. The van der Waals surface area contributed by atoms with E-state index < -0.39 is 23.4 Å². The lowest BCUT2D eigenvalue weighted by Gasteiger charge is -2.07. The van der Waals surface area contributed by atoms with Gasteiger partial charge in [0.2, 0.25) is 0 Å². The van der Waals surface area contributed by atoms with E-state index in [1.165, 1.54) is 0 Å². The van der Waals surface area contributed by atoms with Crippen LogP contribution in [0.5, 0.6) is 0 Å². The Balaban J connectivity index is 2.48. The van der Waals surface area contributed by atoms with E-state index in [1.807, 2.05) is 0 Å². The molecule has 1 rings (SSSR count). The van der Waals surface area contributed by atoms with Crippen LogP contribution in [0.15, 0.2) is 24.3 Å². The highest BCUT2D eigenvalue weighted by Crippen LogP contribution is 2.13. The summed E-state index contributed by atoms with van der Waals surface area (Å²) < 4.78 is 43.6. The summed E-state index contributed by atoms with van der Waals surface area (Å²) in [6.45, 7) is 6.21. The van der Waals surface area contributed by atoms with Gasteiger partial charge in [0, 0.05) is 12.1 Å². The summed E-state index contributed by atoms with van der Waals surface area (Å²) >= 11 is 0. The SMILES string of the molecule is C=C(C)COCCNC(=O)c1cc(F)c(F)c(F)c1. The third-order valence-electron chi connectivity index (χ3n) is 2.13. The Hall–Kier alpha value is -1.82. The summed E-state index contributed by atoms with van der Waals surface area (Å²) in [5.74, 6) is -5.09. The molecule has 19 heavy (non-hydrogen) atoms. The highest BCUT2D eigenvalue weighted by atomic mass is 19.2. The van der Waals surface area contributed by atoms with Crippen molar-refractivity contribution in [2.24, 2.45) is 0 Å². The van der Waals surface area contributed by atoms with Crippen LogP contribution >= 0.6 is 0 Å². The third-order valence-corrected chi connectivity index (χ3v) is 2.13. The molecule has 3 nitrogen and oxygen atoms in total. The van der Waals surface area contributed by atoms with E-state index in [-0.39, 0.29) is 18.7 Å². The van der Waals surface area contributed by atoms with Gasteiger partial charge in [-0.3, -0.25) is 4.79 Å². The summed E-state index contributed by atoms with van der Waals surface area (Å²) in [6.07, 6.45) is 0. The molecular formula is C13H14F3NO2. The van der Waals surface area contributed by atoms with E-state index >= 15 is 0 Å². The van der Waals surface area contributed by atoms with Crippen molar-refractivity contribution in [1.82, 2.24) is 5.32 Å². The molecule has 0 radical (unpaired) electrons. The van der Waals surface area contributed by atoms with E-state index in [9.17, 15) is 18.0 Å². The molecule has 0 fully saturated rings. The van der Waals surface area contributed by atoms with Crippen molar-refractivity contribution in [2.75, 3.05) is 19.8 Å². The molecule has 0 aliphatic carbocycles. The Morgan fingerprint density at radius 2 is 1.89 bits per heavy atom. The lowest BCUT2D eigenvalue weighted by Crippen LogP contribution is -2.27. The van der Waals surface area contributed by atoms with E-state index in [0.717, 1.165) is 5.57 Å². The van der Waals surface area contributed by atoms with E-state index in [1.54, 1.807) is 6.92 Å². The maximum Gasteiger partial charge on any atom is 0.251 e. The normalized spacial score (nSPS) is 10.3. The Bertz CT molecular complexity index is 466. The van der Waals surface area contributed by atoms with Crippen LogP contribution < -0.4 is 5.32 Å². The predicted molar refractivity (Wildman–Crippen MR) is 64.3 cm³/mol. The number of carbonyl (C=O) groups excluding carboxylic acids is 1. The minimum absolute atomic E-state index is 0.173. The van der Waals surface area contributed by atoms with Gasteiger partial charge in [0.05, 0.1) is 13.2 Å². The summed E-state index contributed by atoms with van der Waals surface area (Å²) in [5, 5.41) is 2.40. The van der Waals surface area contributed by atoms with Gasteiger partial charge in [-0.1, -0.05) is 12.2 Å². The summed E-state index contributed by atoms with van der Waals surface area (Å²) in [5.41, 5.74) is 0.560.